The van der Waals surface area contributed by atoms with E-state index in [1.54, 1.807) is 0 Å². The van der Waals surface area contributed by atoms with Gasteiger partial charge in [0.1, 0.15) is 0 Å². The van der Waals surface area contributed by atoms with Crippen molar-refractivity contribution in [1.82, 2.24) is 0 Å². The van der Waals surface area contributed by atoms with E-state index in [4.69, 9.17) is 9.84 Å². The predicted octanol–water partition coefficient (Wildman–Crippen LogP) is 5.60. The minimum atomic E-state index is 0.249. The van der Waals surface area contributed by atoms with Crippen LogP contribution in [0.25, 0.3) is 0 Å². The zero-order valence-electron chi connectivity index (χ0n) is 13.8. The summed E-state index contributed by atoms with van der Waals surface area (Å²) < 4.78 is 5.72. The molecule has 0 atom stereocenters. The van der Waals surface area contributed by atoms with Crippen molar-refractivity contribution < 1.29 is 9.84 Å². The van der Waals surface area contributed by atoms with Crippen LogP contribution in [0.2, 0.25) is 0 Å². The van der Waals surface area contributed by atoms with Crippen LogP contribution < -0.4 is 0 Å². The van der Waals surface area contributed by atoms with Gasteiger partial charge in [-0.3, -0.25) is 0 Å². The summed E-state index contributed by atoms with van der Waals surface area (Å²) in [6.07, 6.45) is 17.3. The third-order valence-electron chi connectivity index (χ3n) is 3.69. The molecular weight excluding hydrogens is 248 g/mol. The van der Waals surface area contributed by atoms with Crippen molar-refractivity contribution in [3.05, 3.63) is 11.8 Å². The third-order valence-corrected chi connectivity index (χ3v) is 3.69. The van der Waals surface area contributed by atoms with E-state index >= 15 is 0 Å². The van der Waals surface area contributed by atoms with Crippen LogP contribution in [-0.2, 0) is 4.74 Å². The molecule has 0 aliphatic heterocycles. The van der Waals surface area contributed by atoms with Gasteiger partial charge in [0.2, 0.25) is 0 Å². The van der Waals surface area contributed by atoms with Crippen molar-refractivity contribution in [2.24, 2.45) is 0 Å². The number of aliphatic hydroxyl groups is 1. The number of aliphatic hydroxyl groups excluding tert-OH is 1. The molecule has 0 aliphatic rings. The largest absolute Gasteiger partial charge is 0.498 e. The zero-order chi connectivity index (χ0) is 14.9. The van der Waals surface area contributed by atoms with Gasteiger partial charge in [-0.1, -0.05) is 64.7 Å². The molecule has 0 fully saturated rings. The Kier molecular flexibility index (Phi) is 16.1. The standard InChI is InChI=1S/C18H36O2/c1-3-5-6-7-8-9-10-11-12-13-17-20-18(4-2)15-14-16-19/h4,19H,3,5-17H2,1-2H3. The monoisotopic (exact) mass is 284 g/mol. The summed E-state index contributed by atoms with van der Waals surface area (Å²) in [4.78, 5) is 0. The minimum Gasteiger partial charge on any atom is -0.498 e. The summed E-state index contributed by atoms with van der Waals surface area (Å²) in [5, 5.41) is 8.79. The van der Waals surface area contributed by atoms with Crippen molar-refractivity contribution >= 4 is 0 Å². The fourth-order valence-corrected chi connectivity index (χ4v) is 2.35. The van der Waals surface area contributed by atoms with Crippen molar-refractivity contribution in [1.29, 1.82) is 0 Å². The Morgan fingerprint density at radius 2 is 1.40 bits per heavy atom. The van der Waals surface area contributed by atoms with E-state index in [1.165, 1.54) is 57.8 Å². The molecule has 0 amide bonds. The molecule has 120 valence electrons. The van der Waals surface area contributed by atoms with Crippen LogP contribution in [0.15, 0.2) is 11.8 Å². The Labute approximate surface area is 126 Å². The Bertz CT molecular complexity index is 211. The SMILES string of the molecule is CC=C(CCCO)OCCCCCCCCCCCC. The molecule has 2 nitrogen and oxygen atoms in total. The van der Waals surface area contributed by atoms with Gasteiger partial charge in [0, 0.05) is 13.0 Å². The smallest absolute Gasteiger partial charge is 0.0918 e. The van der Waals surface area contributed by atoms with Gasteiger partial charge in [-0.2, -0.15) is 0 Å². The first-order chi connectivity index (χ1) is 9.85. The van der Waals surface area contributed by atoms with Crippen molar-refractivity contribution in [3.8, 4) is 0 Å². The molecule has 0 saturated heterocycles. The quantitative estimate of drug-likeness (QED) is 0.313. The summed E-state index contributed by atoms with van der Waals surface area (Å²) >= 11 is 0. The number of allylic oxidation sites excluding steroid dienone is 2. The van der Waals surface area contributed by atoms with Gasteiger partial charge in [-0.05, 0) is 25.8 Å². The van der Waals surface area contributed by atoms with Crippen LogP contribution >= 0.6 is 0 Å². The molecule has 0 aliphatic carbocycles. The van der Waals surface area contributed by atoms with Crippen LogP contribution in [0.4, 0.5) is 0 Å². The lowest BCUT2D eigenvalue weighted by Gasteiger charge is -2.09. The van der Waals surface area contributed by atoms with E-state index in [0.717, 1.165) is 31.6 Å². The molecule has 0 rings (SSSR count). The summed E-state index contributed by atoms with van der Waals surface area (Å²) in [5.41, 5.74) is 0. The molecule has 2 heteroatoms. The highest BCUT2D eigenvalue weighted by atomic mass is 16.5. The number of hydrogen-bond donors (Lipinski definition) is 1. The van der Waals surface area contributed by atoms with Gasteiger partial charge in [-0.25, -0.2) is 0 Å². The molecule has 1 N–H and O–H groups in total. The second-order valence-electron chi connectivity index (χ2n) is 5.61. The van der Waals surface area contributed by atoms with Crippen LogP contribution in [0.5, 0.6) is 0 Å². The summed E-state index contributed by atoms with van der Waals surface area (Å²) in [5.74, 6) is 1.04. The summed E-state index contributed by atoms with van der Waals surface area (Å²) in [6.45, 7) is 5.36. The van der Waals surface area contributed by atoms with Gasteiger partial charge >= 0.3 is 0 Å². The number of rotatable bonds is 15. The van der Waals surface area contributed by atoms with Crippen molar-refractivity contribution in [2.45, 2.75) is 90.9 Å². The maximum atomic E-state index is 8.79. The van der Waals surface area contributed by atoms with Crippen molar-refractivity contribution in [3.63, 3.8) is 0 Å². The van der Waals surface area contributed by atoms with Gasteiger partial charge < -0.3 is 9.84 Å². The first-order valence-electron chi connectivity index (χ1n) is 8.74. The normalized spacial score (nSPS) is 11.8. The van der Waals surface area contributed by atoms with Crippen LogP contribution in [-0.4, -0.2) is 18.3 Å². The second kappa shape index (κ2) is 16.6. The average Bonchev–Trinajstić information content (AvgIpc) is 2.48. The maximum absolute atomic E-state index is 8.79. The first kappa shape index (κ1) is 19.5. The van der Waals surface area contributed by atoms with E-state index in [-0.39, 0.29) is 6.61 Å². The summed E-state index contributed by atoms with van der Waals surface area (Å²) in [7, 11) is 0. The molecule has 0 heterocycles. The van der Waals surface area contributed by atoms with Gasteiger partial charge in [0.25, 0.3) is 0 Å². The first-order valence-corrected chi connectivity index (χ1v) is 8.74. The molecule has 0 aromatic rings. The van der Waals surface area contributed by atoms with Crippen LogP contribution in [0.3, 0.4) is 0 Å². The average molecular weight is 284 g/mol. The number of unbranched alkanes of at least 4 members (excludes halogenated alkanes) is 9. The van der Waals surface area contributed by atoms with E-state index < -0.39 is 0 Å². The number of hydrogen-bond acceptors (Lipinski definition) is 2. The molecule has 0 spiro atoms. The predicted molar refractivity (Wildman–Crippen MR) is 87.9 cm³/mol. The minimum absolute atomic E-state index is 0.249. The zero-order valence-corrected chi connectivity index (χ0v) is 13.8. The second-order valence-corrected chi connectivity index (χ2v) is 5.61. The Balaban J connectivity index is 3.19. The topological polar surface area (TPSA) is 29.5 Å². The highest BCUT2D eigenvalue weighted by Crippen LogP contribution is 2.12. The van der Waals surface area contributed by atoms with E-state index in [1.807, 2.05) is 13.0 Å². The Hall–Kier alpha value is -0.500. The molecule has 0 aromatic carbocycles. The lowest BCUT2D eigenvalue weighted by atomic mass is 10.1. The maximum Gasteiger partial charge on any atom is 0.0918 e. The fourth-order valence-electron chi connectivity index (χ4n) is 2.35. The summed E-state index contributed by atoms with van der Waals surface area (Å²) in [6, 6.07) is 0. The van der Waals surface area contributed by atoms with Crippen molar-refractivity contribution in [2.75, 3.05) is 13.2 Å². The molecule has 0 saturated carbocycles. The fraction of sp³-hybridized carbons (Fsp3) is 0.889. The third kappa shape index (κ3) is 13.9. The van der Waals surface area contributed by atoms with Gasteiger partial charge in [0.05, 0.1) is 12.4 Å². The van der Waals surface area contributed by atoms with E-state index in [9.17, 15) is 0 Å². The Morgan fingerprint density at radius 3 is 1.90 bits per heavy atom. The van der Waals surface area contributed by atoms with E-state index in [2.05, 4.69) is 6.92 Å². The molecule has 0 aromatic heterocycles. The Morgan fingerprint density at radius 1 is 0.850 bits per heavy atom. The molecule has 0 unspecified atom stereocenters. The van der Waals surface area contributed by atoms with Gasteiger partial charge in [-0.15, -0.1) is 0 Å². The van der Waals surface area contributed by atoms with E-state index in [0.29, 0.717) is 0 Å². The highest BCUT2D eigenvalue weighted by Gasteiger charge is 1.97. The van der Waals surface area contributed by atoms with Crippen LogP contribution in [0.1, 0.15) is 90.9 Å². The highest BCUT2D eigenvalue weighted by molar-refractivity contribution is 4.89. The van der Waals surface area contributed by atoms with Crippen LogP contribution in [0, 0.1) is 0 Å². The molecular formula is C18H36O2. The molecule has 0 bridgehead atoms. The van der Waals surface area contributed by atoms with Gasteiger partial charge in [0.15, 0.2) is 0 Å². The lowest BCUT2D eigenvalue weighted by molar-refractivity contribution is 0.186. The molecule has 20 heavy (non-hydrogen) atoms. The molecule has 0 radical (unpaired) electrons. The number of ether oxygens (including phenoxy) is 1. The lowest BCUT2D eigenvalue weighted by Crippen LogP contribution is -1.97.